The molecule has 132 valence electrons. The molecule has 0 bridgehead atoms. The van der Waals surface area contributed by atoms with Crippen LogP contribution in [0.1, 0.15) is 18.1 Å². The largest absolute Gasteiger partial charge is 0.496 e. The van der Waals surface area contributed by atoms with Gasteiger partial charge in [0.15, 0.2) is 5.96 Å². The maximum absolute atomic E-state index is 5.38. The number of rotatable bonds is 7. The summed E-state index contributed by atoms with van der Waals surface area (Å²) in [6, 6.07) is 8.08. The van der Waals surface area contributed by atoms with Crippen molar-refractivity contribution in [1.29, 1.82) is 0 Å². The van der Waals surface area contributed by atoms with Gasteiger partial charge in [0.2, 0.25) is 0 Å². The Morgan fingerprint density at radius 2 is 2.08 bits per heavy atom. The molecular weight excluding hydrogens is 417 g/mol. The molecule has 0 spiro atoms. The van der Waals surface area contributed by atoms with Gasteiger partial charge in [0, 0.05) is 31.9 Å². The number of nitrogens with one attached hydrogen (secondary N) is 2. The molecule has 2 rings (SSSR count). The van der Waals surface area contributed by atoms with E-state index in [4.69, 9.17) is 4.74 Å². The van der Waals surface area contributed by atoms with E-state index < -0.39 is 0 Å². The Morgan fingerprint density at radius 3 is 2.75 bits per heavy atom. The lowest BCUT2D eigenvalue weighted by Crippen LogP contribution is -2.38. The number of halogens is 1. The molecule has 0 fully saturated rings. The van der Waals surface area contributed by atoms with Gasteiger partial charge in [0.1, 0.15) is 5.75 Å². The molecule has 0 unspecified atom stereocenters. The predicted molar refractivity (Wildman–Crippen MR) is 108 cm³/mol. The summed E-state index contributed by atoms with van der Waals surface area (Å²) >= 11 is 0. The zero-order valence-electron chi connectivity index (χ0n) is 14.5. The third-order valence-electron chi connectivity index (χ3n) is 3.40. The fourth-order valence-electron chi connectivity index (χ4n) is 2.29. The lowest BCUT2D eigenvalue weighted by atomic mass is 10.1. The van der Waals surface area contributed by atoms with E-state index in [9.17, 15) is 0 Å². The second kappa shape index (κ2) is 10.9. The Balaban J connectivity index is 0.00000288. The molecule has 0 aliphatic carbocycles. The molecule has 1 aromatic carbocycles. The molecule has 0 radical (unpaired) electrons. The quantitative estimate of drug-likeness (QED) is 0.392. The number of ether oxygens (including phenoxy) is 1. The molecule has 6 nitrogen and oxygen atoms in total. The average Bonchev–Trinajstić information content (AvgIpc) is 2.98. The molecule has 1 heterocycles. The van der Waals surface area contributed by atoms with Gasteiger partial charge in [-0.2, -0.15) is 5.10 Å². The first-order valence-corrected chi connectivity index (χ1v) is 7.84. The normalized spacial score (nSPS) is 10.9. The second-order valence-corrected chi connectivity index (χ2v) is 5.21. The molecule has 2 N–H and O–H groups in total. The van der Waals surface area contributed by atoms with Gasteiger partial charge in [-0.1, -0.05) is 18.2 Å². The van der Waals surface area contributed by atoms with Gasteiger partial charge in [-0.05, 0) is 25.0 Å². The number of guanidine groups is 1. The maximum Gasteiger partial charge on any atom is 0.191 e. The van der Waals surface area contributed by atoms with Gasteiger partial charge in [0.25, 0.3) is 0 Å². The van der Waals surface area contributed by atoms with E-state index in [1.807, 2.05) is 37.6 Å². The van der Waals surface area contributed by atoms with Crippen LogP contribution in [0.5, 0.6) is 5.75 Å². The number of para-hydroxylation sites is 1. The van der Waals surface area contributed by atoms with E-state index in [0.29, 0.717) is 6.54 Å². The maximum atomic E-state index is 5.38. The highest BCUT2D eigenvalue weighted by atomic mass is 127. The fourth-order valence-corrected chi connectivity index (χ4v) is 2.29. The lowest BCUT2D eigenvalue weighted by Gasteiger charge is -2.12. The number of nitrogens with zero attached hydrogens (tertiary/aromatic N) is 3. The lowest BCUT2D eigenvalue weighted by molar-refractivity contribution is 0.409. The first kappa shape index (κ1) is 20.3. The number of methoxy groups -OCH3 is 1. The number of hydrogen-bond acceptors (Lipinski definition) is 3. The molecule has 0 aliphatic rings. The molecule has 0 aliphatic heterocycles. The molecule has 1 aromatic heterocycles. The Kier molecular flexibility index (Phi) is 9.21. The van der Waals surface area contributed by atoms with Crippen molar-refractivity contribution in [2.24, 2.45) is 12.0 Å². The van der Waals surface area contributed by atoms with Crippen molar-refractivity contribution < 1.29 is 4.74 Å². The van der Waals surface area contributed by atoms with Crippen molar-refractivity contribution in [2.75, 3.05) is 20.2 Å². The Bertz CT molecular complexity index is 641. The van der Waals surface area contributed by atoms with E-state index >= 15 is 0 Å². The van der Waals surface area contributed by atoms with Gasteiger partial charge < -0.3 is 15.4 Å². The minimum atomic E-state index is 0. The summed E-state index contributed by atoms with van der Waals surface area (Å²) in [5.74, 6) is 1.73. The topological polar surface area (TPSA) is 63.5 Å². The minimum Gasteiger partial charge on any atom is -0.496 e. The van der Waals surface area contributed by atoms with Gasteiger partial charge in [-0.15, -0.1) is 24.0 Å². The Hall–Kier alpha value is -1.77. The highest BCUT2D eigenvalue weighted by Crippen LogP contribution is 2.17. The highest BCUT2D eigenvalue weighted by Gasteiger charge is 2.03. The summed E-state index contributed by atoms with van der Waals surface area (Å²) in [5.41, 5.74) is 2.28. The molecule has 0 atom stereocenters. The van der Waals surface area contributed by atoms with Crippen LogP contribution in [0.15, 0.2) is 41.7 Å². The van der Waals surface area contributed by atoms with Crippen molar-refractivity contribution in [3.05, 3.63) is 47.8 Å². The fraction of sp³-hybridized carbons (Fsp3) is 0.412. The van der Waals surface area contributed by atoms with Crippen LogP contribution in [0.4, 0.5) is 0 Å². The van der Waals surface area contributed by atoms with Crippen LogP contribution in [0.3, 0.4) is 0 Å². The number of aliphatic imine (C=N–C) groups is 1. The average molecular weight is 443 g/mol. The van der Waals surface area contributed by atoms with Crippen LogP contribution in [0.25, 0.3) is 0 Å². The number of aryl methyl sites for hydroxylation is 1. The van der Waals surface area contributed by atoms with Crippen LogP contribution >= 0.6 is 24.0 Å². The van der Waals surface area contributed by atoms with Crippen molar-refractivity contribution >= 4 is 29.9 Å². The third kappa shape index (κ3) is 6.38. The van der Waals surface area contributed by atoms with E-state index in [1.54, 1.807) is 11.8 Å². The summed E-state index contributed by atoms with van der Waals surface area (Å²) in [6.07, 6.45) is 4.69. The van der Waals surface area contributed by atoms with Gasteiger partial charge in [0.05, 0.1) is 19.9 Å². The number of aromatic nitrogens is 2. The Morgan fingerprint density at radius 1 is 1.29 bits per heavy atom. The molecule has 2 aromatic rings. The molecule has 7 heteroatoms. The van der Waals surface area contributed by atoms with Crippen molar-refractivity contribution in [3.63, 3.8) is 0 Å². The molecule has 24 heavy (non-hydrogen) atoms. The molecular formula is C17H26IN5O. The summed E-state index contributed by atoms with van der Waals surface area (Å²) in [6.45, 7) is 4.28. The first-order chi connectivity index (χ1) is 11.2. The molecule has 0 saturated carbocycles. The summed E-state index contributed by atoms with van der Waals surface area (Å²) in [5, 5.41) is 10.8. The molecule has 0 amide bonds. The smallest absolute Gasteiger partial charge is 0.191 e. The van der Waals surface area contributed by atoms with Crippen LogP contribution in [0.2, 0.25) is 0 Å². The van der Waals surface area contributed by atoms with Crippen molar-refractivity contribution in [1.82, 2.24) is 20.4 Å². The zero-order chi connectivity index (χ0) is 16.5. The van der Waals surface area contributed by atoms with Crippen LogP contribution in [-0.2, 0) is 20.0 Å². The van der Waals surface area contributed by atoms with Crippen molar-refractivity contribution in [2.45, 2.75) is 19.9 Å². The van der Waals surface area contributed by atoms with Crippen LogP contribution < -0.4 is 15.4 Å². The number of hydrogen-bond donors (Lipinski definition) is 2. The van der Waals surface area contributed by atoms with Crippen LogP contribution in [0, 0.1) is 0 Å². The zero-order valence-corrected chi connectivity index (χ0v) is 16.8. The van der Waals surface area contributed by atoms with Crippen LogP contribution in [-0.4, -0.2) is 35.9 Å². The van der Waals surface area contributed by atoms with E-state index in [-0.39, 0.29) is 24.0 Å². The summed E-state index contributed by atoms with van der Waals surface area (Å²) < 4.78 is 7.16. The van der Waals surface area contributed by atoms with Gasteiger partial charge in [-0.25, -0.2) is 4.99 Å². The monoisotopic (exact) mass is 443 g/mol. The summed E-state index contributed by atoms with van der Waals surface area (Å²) in [7, 11) is 3.61. The van der Waals surface area contributed by atoms with E-state index in [2.05, 4.69) is 33.7 Å². The minimum absolute atomic E-state index is 0. The third-order valence-corrected chi connectivity index (χ3v) is 3.40. The van der Waals surface area contributed by atoms with Crippen molar-refractivity contribution in [3.8, 4) is 5.75 Å². The standard InChI is InChI=1S/C17H25N5O.HI/c1-4-18-17(20-11-14-12-21-22(2)13-14)19-10-9-15-7-5-6-8-16(15)23-3;/h5-8,12-13H,4,9-11H2,1-3H3,(H2,18,19,20);1H. The summed E-state index contributed by atoms with van der Waals surface area (Å²) in [4.78, 5) is 4.58. The first-order valence-electron chi connectivity index (χ1n) is 7.84. The Labute approximate surface area is 160 Å². The van der Waals surface area contributed by atoms with E-state index in [0.717, 1.165) is 36.8 Å². The predicted octanol–water partition coefficient (Wildman–Crippen LogP) is 2.34. The number of benzene rings is 1. The molecule has 0 saturated heterocycles. The van der Waals surface area contributed by atoms with Gasteiger partial charge in [-0.3, -0.25) is 4.68 Å². The van der Waals surface area contributed by atoms with E-state index in [1.165, 1.54) is 5.56 Å². The SMILES string of the molecule is CCNC(=NCc1cnn(C)c1)NCCc1ccccc1OC.I. The van der Waals surface area contributed by atoms with Gasteiger partial charge >= 0.3 is 0 Å². The second-order valence-electron chi connectivity index (χ2n) is 5.21. The highest BCUT2D eigenvalue weighted by molar-refractivity contribution is 14.0.